The van der Waals surface area contributed by atoms with Gasteiger partial charge in [-0.3, -0.25) is 0 Å². The van der Waals surface area contributed by atoms with E-state index in [0.717, 1.165) is 0 Å². The molecule has 0 unspecified atom stereocenters. The van der Waals surface area contributed by atoms with Crippen LogP contribution < -0.4 is 0 Å². The summed E-state index contributed by atoms with van der Waals surface area (Å²) in [6, 6.07) is 9.65. The highest BCUT2D eigenvalue weighted by Gasteiger charge is 2.42. The second-order valence-electron chi connectivity index (χ2n) is 16.9. The summed E-state index contributed by atoms with van der Waals surface area (Å²) in [7, 11) is -3.77. The van der Waals surface area contributed by atoms with Crippen molar-refractivity contribution in [2.24, 2.45) is 0 Å². The van der Waals surface area contributed by atoms with E-state index in [1.165, 1.54) is 33.0 Å². The maximum Gasteiger partial charge on any atom is 0.146 e. The quantitative estimate of drug-likeness (QED) is 0.228. The van der Waals surface area contributed by atoms with Crippen LogP contribution in [0, 0.1) is 22.9 Å². The molecule has 0 aromatic heterocycles. The van der Waals surface area contributed by atoms with Crippen molar-refractivity contribution in [2.75, 3.05) is 0 Å². The van der Waals surface area contributed by atoms with Crippen molar-refractivity contribution in [3.05, 3.63) is 46.5 Å². The highest BCUT2D eigenvalue weighted by molar-refractivity contribution is 6.91. The van der Waals surface area contributed by atoms with Crippen LogP contribution in [0.3, 0.4) is 0 Å². The maximum atomic E-state index is 4.06. The molecule has 0 aliphatic carbocycles. The Balaban J connectivity index is 3.18. The van der Waals surface area contributed by atoms with Crippen LogP contribution in [0.25, 0.3) is 10.8 Å². The fourth-order valence-corrected chi connectivity index (χ4v) is 18.2. The van der Waals surface area contributed by atoms with Gasteiger partial charge in [-0.15, -0.1) is 11.1 Å². The third kappa shape index (κ3) is 7.14. The predicted octanol–water partition coefficient (Wildman–Crippen LogP) is 12.6. The minimum Gasteiger partial charge on any atom is -0.125 e. The molecule has 2 rings (SSSR count). The monoisotopic (exact) mass is 600 g/mol. The Hall–Kier alpha value is -1.75. The molecule has 0 saturated carbocycles. The van der Waals surface area contributed by atoms with Crippen molar-refractivity contribution in [3.63, 3.8) is 0 Å². The molecular weight excluding hydrogens is 537 g/mol. The summed E-state index contributed by atoms with van der Waals surface area (Å²) in [5.74, 6) is 7.78. The van der Waals surface area contributed by atoms with Crippen LogP contribution in [0.1, 0.15) is 147 Å². The second-order valence-corrected chi connectivity index (χ2v) is 28.1. The van der Waals surface area contributed by atoms with Gasteiger partial charge >= 0.3 is 0 Å². The Morgan fingerprint density at radius 3 is 0.857 bits per heavy atom. The molecule has 0 saturated heterocycles. The van der Waals surface area contributed by atoms with Crippen LogP contribution in [0.2, 0.25) is 33.2 Å². The second kappa shape index (κ2) is 13.1. The molecule has 232 valence electrons. The molecule has 0 N–H and O–H groups in total. The van der Waals surface area contributed by atoms with Crippen molar-refractivity contribution in [3.8, 4) is 22.9 Å². The molecule has 0 bridgehead atoms. The third-order valence-corrected chi connectivity index (χ3v) is 22.9. The topological polar surface area (TPSA) is 0 Å². The van der Waals surface area contributed by atoms with Crippen LogP contribution in [0.5, 0.6) is 0 Å². The lowest BCUT2D eigenvalue weighted by atomic mass is 9.80. The summed E-state index contributed by atoms with van der Waals surface area (Å²) in [6.07, 6.45) is 0. The summed E-state index contributed by atoms with van der Waals surface area (Å²) in [5, 5.41) is 2.55. The van der Waals surface area contributed by atoms with Crippen molar-refractivity contribution in [2.45, 2.75) is 169 Å². The van der Waals surface area contributed by atoms with Crippen molar-refractivity contribution < 1.29 is 0 Å². The van der Waals surface area contributed by atoms with Crippen molar-refractivity contribution >= 4 is 26.9 Å². The SMILES string of the molecule is CC(C)[Si](C#Cc1cc(C(C)(C)C)cc2c(C#C[Si](C(C)C)(C(C)C)C(C)C)cc(C(C)(C)C)cc12)(C(C)C)C(C)C. The summed E-state index contributed by atoms with van der Waals surface area (Å²) >= 11 is 0. The lowest BCUT2D eigenvalue weighted by Crippen LogP contribution is -2.43. The summed E-state index contributed by atoms with van der Waals surface area (Å²) in [5.41, 5.74) is 16.9. The number of hydrogen-bond acceptors (Lipinski definition) is 0. The first-order chi connectivity index (χ1) is 19.0. The fraction of sp³-hybridized carbons (Fsp3) is 0.650. The summed E-state index contributed by atoms with van der Waals surface area (Å²) in [6.45, 7) is 42.8. The molecule has 0 fully saturated rings. The number of fused-ring (bicyclic) bond motifs is 1. The molecule has 0 aliphatic rings. The van der Waals surface area contributed by atoms with Crippen molar-refractivity contribution in [1.29, 1.82) is 0 Å². The minimum absolute atomic E-state index is 0.0208. The van der Waals surface area contributed by atoms with Crippen LogP contribution in [0.4, 0.5) is 0 Å². The van der Waals surface area contributed by atoms with Gasteiger partial charge in [-0.25, -0.2) is 0 Å². The van der Waals surface area contributed by atoms with Crippen LogP contribution in [-0.2, 0) is 10.8 Å². The van der Waals surface area contributed by atoms with Crippen LogP contribution in [0.15, 0.2) is 24.3 Å². The predicted molar refractivity (Wildman–Crippen MR) is 197 cm³/mol. The molecule has 0 nitrogen and oxygen atoms in total. The fourth-order valence-electron chi connectivity index (χ4n) is 7.75. The third-order valence-electron chi connectivity index (χ3n) is 10.4. The average Bonchev–Trinajstić information content (AvgIpc) is 2.81. The Morgan fingerprint density at radius 1 is 0.429 bits per heavy atom. The average molecular weight is 601 g/mol. The zero-order valence-corrected chi connectivity index (χ0v) is 32.8. The molecule has 0 radical (unpaired) electrons. The zero-order valence-electron chi connectivity index (χ0n) is 30.8. The van der Waals surface area contributed by atoms with Crippen LogP contribution >= 0.6 is 0 Å². The lowest BCUT2D eigenvalue weighted by Gasteiger charge is -2.38. The van der Waals surface area contributed by atoms with Gasteiger partial charge < -0.3 is 0 Å². The summed E-state index contributed by atoms with van der Waals surface area (Å²) < 4.78 is 0. The highest BCUT2D eigenvalue weighted by atomic mass is 28.3. The Bertz CT molecular complexity index is 1210. The first-order valence-electron chi connectivity index (χ1n) is 16.7. The standard InChI is InChI=1S/C40H64Si2/c1-27(2)41(28(3)4,29(5)6)21-19-33-23-35(39(13,14)15)26-38-34(24-36(25-37(33)38)40(16,17)18)20-22-42(30(7)8,31(9)10)32(11)12/h23-32H,1-18H3. The van der Waals surface area contributed by atoms with E-state index in [0.29, 0.717) is 33.2 Å². The van der Waals surface area contributed by atoms with E-state index >= 15 is 0 Å². The van der Waals surface area contributed by atoms with Gasteiger partial charge in [-0.2, -0.15) is 0 Å². The number of benzene rings is 2. The molecule has 0 aliphatic heterocycles. The van der Waals surface area contributed by atoms with E-state index in [1.807, 2.05) is 0 Å². The first-order valence-corrected chi connectivity index (χ1v) is 21.2. The van der Waals surface area contributed by atoms with E-state index in [2.05, 4.69) is 172 Å². The van der Waals surface area contributed by atoms with Crippen molar-refractivity contribution in [1.82, 2.24) is 0 Å². The van der Waals surface area contributed by atoms with Gasteiger partial charge in [-0.1, -0.05) is 136 Å². The smallest absolute Gasteiger partial charge is 0.125 e. The van der Waals surface area contributed by atoms with Crippen LogP contribution in [-0.4, -0.2) is 16.1 Å². The van der Waals surface area contributed by atoms with Gasteiger partial charge in [0.05, 0.1) is 0 Å². The van der Waals surface area contributed by atoms with Gasteiger partial charge in [0.1, 0.15) is 16.1 Å². The highest BCUT2D eigenvalue weighted by Crippen LogP contribution is 2.43. The van der Waals surface area contributed by atoms with E-state index < -0.39 is 16.1 Å². The van der Waals surface area contributed by atoms with E-state index in [9.17, 15) is 0 Å². The van der Waals surface area contributed by atoms with E-state index in [1.54, 1.807) is 0 Å². The van der Waals surface area contributed by atoms with Gasteiger partial charge in [0.25, 0.3) is 0 Å². The van der Waals surface area contributed by atoms with Gasteiger partial charge in [0.15, 0.2) is 0 Å². The molecule has 2 aromatic rings. The first kappa shape index (κ1) is 36.4. The largest absolute Gasteiger partial charge is 0.146 e. The number of hydrogen-bond donors (Lipinski definition) is 0. The molecule has 0 spiro atoms. The van der Waals surface area contributed by atoms with Gasteiger partial charge in [-0.05, 0) is 90.2 Å². The van der Waals surface area contributed by atoms with Gasteiger partial charge in [0, 0.05) is 11.1 Å². The molecule has 0 atom stereocenters. The molecule has 0 heterocycles. The summed E-state index contributed by atoms with van der Waals surface area (Å²) in [4.78, 5) is 0. The molecule has 2 heteroatoms. The zero-order chi connectivity index (χ0) is 32.6. The Kier molecular flexibility index (Phi) is 11.4. The van der Waals surface area contributed by atoms with E-state index in [4.69, 9.17) is 0 Å². The lowest BCUT2D eigenvalue weighted by molar-refractivity contribution is 0.589. The van der Waals surface area contributed by atoms with E-state index in [-0.39, 0.29) is 10.8 Å². The van der Waals surface area contributed by atoms with Gasteiger partial charge in [0.2, 0.25) is 0 Å². The maximum absolute atomic E-state index is 4.06. The Labute approximate surface area is 264 Å². The Morgan fingerprint density at radius 2 is 0.667 bits per heavy atom. The molecule has 0 amide bonds. The molecular formula is C40H64Si2. The molecule has 42 heavy (non-hydrogen) atoms. The number of rotatable bonds is 6. The normalized spacial score (nSPS) is 13.4. The minimum atomic E-state index is -1.89. The molecule has 2 aromatic carbocycles.